The summed E-state index contributed by atoms with van der Waals surface area (Å²) in [5.41, 5.74) is 6.70. The summed E-state index contributed by atoms with van der Waals surface area (Å²) in [6.45, 7) is 0.283. The van der Waals surface area contributed by atoms with Gasteiger partial charge in [-0.25, -0.2) is 0 Å². The van der Waals surface area contributed by atoms with Crippen molar-refractivity contribution in [3.05, 3.63) is 28.2 Å². The number of carbonyl (C=O) groups is 1. The van der Waals surface area contributed by atoms with E-state index < -0.39 is 0 Å². The number of nitrogens with two attached hydrogens (primary N) is 1. The molecule has 0 saturated carbocycles. The van der Waals surface area contributed by atoms with Gasteiger partial charge in [-0.1, -0.05) is 21.9 Å². The number of halogens is 1. The fourth-order valence-corrected chi connectivity index (χ4v) is 1.68. The smallest absolute Gasteiger partial charge is 0.254 e. The van der Waals surface area contributed by atoms with Gasteiger partial charge in [0.1, 0.15) is 0 Å². The summed E-state index contributed by atoms with van der Waals surface area (Å²) in [7, 11) is 1.65. The van der Waals surface area contributed by atoms with E-state index in [2.05, 4.69) is 21.9 Å². The molecule has 0 aliphatic carbocycles. The van der Waals surface area contributed by atoms with E-state index in [0.29, 0.717) is 11.3 Å². The molecule has 0 heterocycles. The van der Waals surface area contributed by atoms with Gasteiger partial charge in [-0.3, -0.25) is 4.79 Å². The lowest BCUT2D eigenvalue weighted by molar-refractivity contribution is 0.0812. The van der Waals surface area contributed by atoms with Gasteiger partial charge in [0, 0.05) is 22.8 Å². The van der Waals surface area contributed by atoms with Crippen LogP contribution in [0.2, 0.25) is 0 Å². The average Bonchev–Trinajstić information content (AvgIpc) is 2.15. The number of terminal acetylenes is 1. The van der Waals surface area contributed by atoms with E-state index in [-0.39, 0.29) is 12.5 Å². The van der Waals surface area contributed by atoms with E-state index in [0.717, 1.165) is 4.47 Å². The van der Waals surface area contributed by atoms with Crippen LogP contribution in [0.25, 0.3) is 0 Å². The Bertz CT molecular complexity index is 403. The predicted octanol–water partition coefficient (Wildman–Crippen LogP) is 1.74. The summed E-state index contributed by atoms with van der Waals surface area (Å²) in [5, 5.41) is 0. The molecule has 1 aromatic carbocycles. The third kappa shape index (κ3) is 3.00. The molecule has 0 bridgehead atoms. The normalized spacial score (nSPS) is 9.40. The Morgan fingerprint density at radius 2 is 2.27 bits per heavy atom. The van der Waals surface area contributed by atoms with E-state index in [1.165, 1.54) is 4.90 Å². The lowest BCUT2D eigenvalue weighted by atomic mass is 10.2. The monoisotopic (exact) mass is 266 g/mol. The van der Waals surface area contributed by atoms with Crippen LogP contribution >= 0.6 is 15.9 Å². The zero-order chi connectivity index (χ0) is 11.4. The summed E-state index contributed by atoms with van der Waals surface area (Å²) >= 11 is 3.28. The van der Waals surface area contributed by atoms with Crippen LogP contribution in [0.3, 0.4) is 0 Å². The first-order chi connectivity index (χ1) is 7.04. The highest BCUT2D eigenvalue weighted by molar-refractivity contribution is 9.10. The molecular formula is C11H11BrN2O. The van der Waals surface area contributed by atoms with Gasteiger partial charge < -0.3 is 10.6 Å². The first kappa shape index (κ1) is 11.6. The van der Waals surface area contributed by atoms with Gasteiger partial charge in [-0.15, -0.1) is 6.42 Å². The SMILES string of the molecule is C#CCN(C)C(=O)c1cc(N)cc(Br)c1. The summed E-state index contributed by atoms with van der Waals surface area (Å²) in [6, 6.07) is 5.07. The van der Waals surface area contributed by atoms with Gasteiger partial charge >= 0.3 is 0 Å². The van der Waals surface area contributed by atoms with Gasteiger partial charge in [-0.05, 0) is 18.2 Å². The largest absolute Gasteiger partial charge is 0.399 e. The number of nitrogen functional groups attached to an aromatic ring is 1. The first-order valence-electron chi connectivity index (χ1n) is 4.29. The second-order valence-electron chi connectivity index (χ2n) is 3.14. The van der Waals surface area contributed by atoms with Crippen molar-refractivity contribution in [2.24, 2.45) is 0 Å². The van der Waals surface area contributed by atoms with Crippen LogP contribution < -0.4 is 5.73 Å². The topological polar surface area (TPSA) is 46.3 Å². The number of amides is 1. The number of carbonyl (C=O) groups excluding carboxylic acids is 1. The Kier molecular flexibility index (Phi) is 3.75. The molecular weight excluding hydrogens is 256 g/mol. The van der Waals surface area contributed by atoms with Crippen molar-refractivity contribution >= 4 is 27.5 Å². The second kappa shape index (κ2) is 4.85. The van der Waals surface area contributed by atoms with E-state index in [1.54, 1.807) is 25.2 Å². The van der Waals surface area contributed by atoms with Crippen LogP contribution in [0.1, 0.15) is 10.4 Å². The average molecular weight is 267 g/mol. The highest BCUT2D eigenvalue weighted by atomic mass is 79.9. The van der Waals surface area contributed by atoms with Crippen LogP contribution in [0.4, 0.5) is 5.69 Å². The maximum Gasteiger partial charge on any atom is 0.254 e. The molecule has 4 heteroatoms. The fraction of sp³-hybridized carbons (Fsp3) is 0.182. The van der Waals surface area contributed by atoms with Gasteiger partial charge in [0.05, 0.1) is 6.54 Å². The molecule has 0 unspecified atom stereocenters. The van der Waals surface area contributed by atoms with Gasteiger partial charge in [0.2, 0.25) is 0 Å². The van der Waals surface area contributed by atoms with Crippen LogP contribution in [0.15, 0.2) is 22.7 Å². The Labute approximate surface area is 97.4 Å². The molecule has 78 valence electrons. The van der Waals surface area contributed by atoms with E-state index in [9.17, 15) is 4.79 Å². The van der Waals surface area contributed by atoms with Gasteiger partial charge in [0.15, 0.2) is 0 Å². The number of benzene rings is 1. The van der Waals surface area contributed by atoms with E-state index in [1.807, 2.05) is 0 Å². The fourth-order valence-electron chi connectivity index (χ4n) is 1.16. The Morgan fingerprint density at radius 1 is 1.60 bits per heavy atom. The standard InChI is InChI=1S/C11H11BrN2O/c1-3-4-14(2)11(15)8-5-9(12)7-10(13)6-8/h1,5-7H,4,13H2,2H3. The van der Waals surface area contributed by atoms with Crippen molar-refractivity contribution < 1.29 is 4.79 Å². The number of hydrogen-bond donors (Lipinski definition) is 1. The molecule has 2 N–H and O–H groups in total. The predicted molar refractivity (Wildman–Crippen MR) is 64.3 cm³/mol. The molecule has 15 heavy (non-hydrogen) atoms. The summed E-state index contributed by atoms with van der Waals surface area (Å²) in [5.74, 6) is 2.27. The minimum atomic E-state index is -0.138. The minimum absolute atomic E-state index is 0.138. The van der Waals surface area contributed by atoms with Crippen LogP contribution in [0, 0.1) is 12.3 Å². The second-order valence-corrected chi connectivity index (χ2v) is 4.05. The Morgan fingerprint density at radius 3 is 2.80 bits per heavy atom. The number of nitrogens with zero attached hydrogens (tertiary/aromatic N) is 1. The van der Waals surface area contributed by atoms with E-state index >= 15 is 0 Å². The Hall–Kier alpha value is -1.47. The maximum atomic E-state index is 11.8. The van der Waals surface area contributed by atoms with Crippen molar-refractivity contribution in [2.75, 3.05) is 19.3 Å². The molecule has 0 aromatic heterocycles. The number of anilines is 1. The molecule has 0 fully saturated rings. The highest BCUT2D eigenvalue weighted by Gasteiger charge is 2.11. The molecule has 3 nitrogen and oxygen atoms in total. The molecule has 0 atom stereocenters. The molecule has 0 aliphatic heterocycles. The summed E-state index contributed by atoms with van der Waals surface area (Å²) in [6.07, 6.45) is 5.13. The quantitative estimate of drug-likeness (QED) is 0.655. The third-order valence-corrected chi connectivity index (χ3v) is 2.30. The van der Waals surface area contributed by atoms with Gasteiger partial charge in [-0.2, -0.15) is 0 Å². The molecule has 0 spiro atoms. The molecule has 0 aliphatic rings. The maximum absolute atomic E-state index is 11.8. The lowest BCUT2D eigenvalue weighted by Gasteiger charge is -2.14. The molecule has 1 amide bonds. The van der Waals surface area contributed by atoms with Crippen molar-refractivity contribution in [3.8, 4) is 12.3 Å². The zero-order valence-electron chi connectivity index (χ0n) is 8.33. The molecule has 1 aromatic rings. The molecule has 0 saturated heterocycles. The Balaban J connectivity index is 2.97. The number of rotatable bonds is 2. The zero-order valence-corrected chi connectivity index (χ0v) is 9.91. The van der Waals surface area contributed by atoms with Gasteiger partial charge in [0.25, 0.3) is 5.91 Å². The van der Waals surface area contributed by atoms with Crippen molar-refractivity contribution in [1.29, 1.82) is 0 Å². The summed E-state index contributed by atoms with van der Waals surface area (Å²) < 4.78 is 0.778. The molecule has 0 radical (unpaired) electrons. The summed E-state index contributed by atoms with van der Waals surface area (Å²) in [4.78, 5) is 13.3. The van der Waals surface area contributed by atoms with Crippen LogP contribution in [-0.4, -0.2) is 24.4 Å². The van der Waals surface area contributed by atoms with E-state index in [4.69, 9.17) is 12.2 Å². The van der Waals surface area contributed by atoms with Crippen molar-refractivity contribution in [1.82, 2.24) is 4.90 Å². The first-order valence-corrected chi connectivity index (χ1v) is 5.09. The highest BCUT2D eigenvalue weighted by Crippen LogP contribution is 2.18. The van der Waals surface area contributed by atoms with Crippen LogP contribution in [-0.2, 0) is 0 Å². The molecule has 1 rings (SSSR count). The minimum Gasteiger partial charge on any atom is -0.399 e. The van der Waals surface area contributed by atoms with Crippen LogP contribution in [0.5, 0.6) is 0 Å². The van der Waals surface area contributed by atoms with Crippen molar-refractivity contribution in [2.45, 2.75) is 0 Å². The third-order valence-electron chi connectivity index (χ3n) is 1.84. The number of hydrogen-bond acceptors (Lipinski definition) is 2. The van der Waals surface area contributed by atoms with Crippen molar-refractivity contribution in [3.63, 3.8) is 0 Å². The lowest BCUT2D eigenvalue weighted by Crippen LogP contribution is -2.27.